The van der Waals surface area contributed by atoms with Gasteiger partial charge in [-0.25, -0.2) is 4.79 Å². The highest BCUT2D eigenvalue weighted by molar-refractivity contribution is 6.20. The van der Waals surface area contributed by atoms with E-state index in [1.165, 1.54) is 0 Å². The molecule has 1 aromatic heterocycles. The Morgan fingerprint density at radius 2 is 1.88 bits per heavy atom. The minimum Gasteiger partial charge on any atom is -0.492 e. The average molecular weight is 464 g/mol. The van der Waals surface area contributed by atoms with E-state index in [0.29, 0.717) is 42.3 Å². The molecule has 1 aliphatic rings. The van der Waals surface area contributed by atoms with Gasteiger partial charge in [0.25, 0.3) is 0 Å². The number of likely N-dealkylation sites (N-methyl/N-ethyl adjacent to an activating group) is 1. The molecule has 7 heteroatoms. The summed E-state index contributed by atoms with van der Waals surface area (Å²) in [5.41, 5.74) is 9.65. The maximum atomic E-state index is 13.4. The Hall–Kier alpha value is -3.48. The molecule has 34 heavy (non-hydrogen) atoms. The van der Waals surface area contributed by atoms with E-state index in [1.54, 1.807) is 4.90 Å². The summed E-state index contributed by atoms with van der Waals surface area (Å²) in [4.78, 5) is 30.9. The van der Waals surface area contributed by atoms with Gasteiger partial charge in [-0.1, -0.05) is 19.9 Å². The molecule has 4 rings (SSSR count). The number of ether oxygens (including phenoxy) is 2. The van der Waals surface area contributed by atoms with Crippen LogP contribution >= 0.6 is 0 Å². The molecule has 0 fully saturated rings. The fourth-order valence-corrected chi connectivity index (χ4v) is 4.50. The SMILES string of the molecule is CCN(CCOc1ccc2c(c1)C(C)(C)c1[nH]c3cc(N)ccc3c1C2=O)C(=O)OC(C)(C)C. The monoisotopic (exact) mass is 463 g/mol. The maximum absolute atomic E-state index is 13.4. The summed E-state index contributed by atoms with van der Waals surface area (Å²) in [6.07, 6.45) is -0.359. The number of ketones is 1. The number of carbonyl (C=O) groups is 2. The molecular formula is C27H33N3O4. The van der Waals surface area contributed by atoms with Crippen LogP contribution in [0.5, 0.6) is 5.75 Å². The van der Waals surface area contributed by atoms with E-state index in [2.05, 4.69) is 18.8 Å². The fourth-order valence-electron chi connectivity index (χ4n) is 4.50. The van der Waals surface area contributed by atoms with Crippen molar-refractivity contribution < 1.29 is 19.1 Å². The van der Waals surface area contributed by atoms with Gasteiger partial charge in [-0.2, -0.15) is 0 Å². The molecule has 0 saturated heterocycles. The van der Waals surface area contributed by atoms with Crippen molar-refractivity contribution in [3.8, 4) is 5.75 Å². The molecule has 3 aromatic rings. The quantitative estimate of drug-likeness (QED) is 0.503. The van der Waals surface area contributed by atoms with Gasteiger partial charge in [0, 0.05) is 39.8 Å². The molecule has 0 bridgehead atoms. The fraction of sp³-hybridized carbons (Fsp3) is 0.407. The molecule has 3 N–H and O–H groups in total. The van der Waals surface area contributed by atoms with E-state index < -0.39 is 11.0 Å². The Balaban J connectivity index is 1.56. The normalized spacial score (nSPS) is 14.5. The first kappa shape index (κ1) is 23.7. The molecule has 0 radical (unpaired) electrons. The number of benzene rings is 2. The summed E-state index contributed by atoms with van der Waals surface area (Å²) < 4.78 is 11.4. The number of H-pyrrole nitrogens is 1. The van der Waals surface area contributed by atoms with Crippen molar-refractivity contribution in [2.75, 3.05) is 25.4 Å². The number of nitrogen functional groups attached to an aromatic ring is 1. The van der Waals surface area contributed by atoms with Crippen molar-refractivity contribution in [3.63, 3.8) is 0 Å². The highest BCUT2D eigenvalue weighted by atomic mass is 16.6. The topological polar surface area (TPSA) is 97.6 Å². The van der Waals surface area contributed by atoms with Crippen LogP contribution in [0.3, 0.4) is 0 Å². The number of anilines is 1. The first-order valence-corrected chi connectivity index (χ1v) is 11.6. The first-order valence-electron chi connectivity index (χ1n) is 11.6. The van der Waals surface area contributed by atoms with E-state index >= 15 is 0 Å². The van der Waals surface area contributed by atoms with Crippen molar-refractivity contribution in [3.05, 3.63) is 58.8 Å². The summed E-state index contributed by atoms with van der Waals surface area (Å²) >= 11 is 0. The molecule has 1 aliphatic carbocycles. The molecule has 0 spiro atoms. The minimum atomic E-state index is -0.546. The van der Waals surface area contributed by atoms with E-state index in [1.807, 2.05) is 64.1 Å². The lowest BCUT2D eigenvalue weighted by Crippen LogP contribution is -2.39. The Bertz CT molecular complexity index is 1270. The minimum absolute atomic E-state index is 0.00557. The molecule has 1 amide bonds. The van der Waals surface area contributed by atoms with Crippen LogP contribution in [-0.4, -0.2) is 47.1 Å². The Labute approximate surface area is 200 Å². The number of rotatable bonds is 5. The summed E-state index contributed by atoms with van der Waals surface area (Å²) in [5.74, 6) is 0.651. The second kappa shape index (κ2) is 8.38. The van der Waals surface area contributed by atoms with Gasteiger partial charge >= 0.3 is 6.09 Å². The smallest absolute Gasteiger partial charge is 0.410 e. The number of amides is 1. The molecular weight excluding hydrogens is 430 g/mol. The van der Waals surface area contributed by atoms with Crippen LogP contribution in [0.4, 0.5) is 10.5 Å². The predicted octanol–water partition coefficient (Wildman–Crippen LogP) is 5.26. The third kappa shape index (κ3) is 4.22. The van der Waals surface area contributed by atoms with E-state index in [0.717, 1.165) is 22.2 Å². The van der Waals surface area contributed by atoms with Crippen LogP contribution in [0.15, 0.2) is 36.4 Å². The molecule has 0 saturated carbocycles. The second-order valence-electron chi connectivity index (χ2n) is 10.3. The van der Waals surface area contributed by atoms with Gasteiger partial charge in [-0.15, -0.1) is 0 Å². The number of carbonyl (C=O) groups excluding carboxylic acids is 2. The van der Waals surface area contributed by atoms with Crippen molar-refractivity contribution in [1.82, 2.24) is 9.88 Å². The average Bonchev–Trinajstić information content (AvgIpc) is 3.14. The third-order valence-electron chi connectivity index (χ3n) is 6.25. The van der Waals surface area contributed by atoms with Crippen LogP contribution in [0, 0.1) is 0 Å². The number of aromatic nitrogens is 1. The Morgan fingerprint density at radius 1 is 1.15 bits per heavy atom. The van der Waals surface area contributed by atoms with Crippen LogP contribution < -0.4 is 10.5 Å². The summed E-state index contributed by atoms with van der Waals surface area (Å²) in [5, 5.41) is 0.884. The van der Waals surface area contributed by atoms with Crippen LogP contribution in [0.1, 0.15) is 68.7 Å². The van der Waals surface area contributed by atoms with Gasteiger partial charge < -0.3 is 25.1 Å². The number of nitrogens with one attached hydrogen (secondary N) is 1. The third-order valence-corrected chi connectivity index (χ3v) is 6.25. The highest BCUT2D eigenvalue weighted by Gasteiger charge is 2.39. The zero-order valence-corrected chi connectivity index (χ0v) is 20.7. The van der Waals surface area contributed by atoms with Gasteiger partial charge in [0.2, 0.25) is 0 Å². The maximum Gasteiger partial charge on any atom is 0.410 e. The number of fused-ring (bicyclic) bond motifs is 4. The van der Waals surface area contributed by atoms with E-state index in [4.69, 9.17) is 15.2 Å². The number of hydrogen-bond donors (Lipinski definition) is 2. The van der Waals surface area contributed by atoms with Gasteiger partial charge in [0.05, 0.1) is 12.1 Å². The molecule has 0 atom stereocenters. The van der Waals surface area contributed by atoms with Crippen LogP contribution in [-0.2, 0) is 10.2 Å². The summed E-state index contributed by atoms with van der Waals surface area (Å²) in [6.45, 7) is 12.9. The van der Waals surface area contributed by atoms with Gasteiger partial charge in [0.15, 0.2) is 5.78 Å². The number of hydrogen-bond acceptors (Lipinski definition) is 5. The lowest BCUT2D eigenvalue weighted by Gasteiger charge is -2.32. The lowest BCUT2D eigenvalue weighted by atomic mass is 9.71. The molecule has 2 aromatic carbocycles. The van der Waals surface area contributed by atoms with Crippen molar-refractivity contribution in [2.24, 2.45) is 0 Å². The molecule has 7 nitrogen and oxygen atoms in total. The summed E-state index contributed by atoms with van der Waals surface area (Å²) in [6, 6.07) is 11.2. The van der Waals surface area contributed by atoms with Gasteiger partial charge in [-0.05, 0) is 63.6 Å². The van der Waals surface area contributed by atoms with Gasteiger partial charge in [-0.3, -0.25) is 4.79 Å². The number of nitrogens with two attached hydrogens (primary N) is 1. The van der Waals surface area contributed by atoms with Gasteiger partial charge in [0.1, 0.15) is 18.0 Å². The van der Waals surface area contributed by atoms with E-state index in [9.17, 15) is 9.59 Å². The molecule has 0 unspecified atom stereocenters. The lowest BCUT2D eigenvalue weighted by molar-refractivity contribution is 0.0237. The number of aromatic amines is 1. The second-order valence-corrected chi connectivity index (χ2v) is 10.3. The zero-order valence-electron chi connectivity index (χ0n) is 20.7. The zero-order chi connectivity index (χ0) is 24.8. The largest absolute Gasteiger partial charge is 0.492 e. The van der Waals surface area contributed by atoms with Crippen molar-refractivity contribution >= 4 is 28.5 Å². The number of nitrogens with zero attached hydrogens (tertiary/aromatic N) is 1. The predicted molar refractivity (Wildman–Crippen MR) is 134 cm³/mol. The molecule has 180 valence electrons. The Kier molecular flexibility index (Phi) is 5.84. The molecule has 0 aliphatic heterocycles. The first-order chi connectivity index (χ1) is 15.9. The van der Waals surface area contributed by atoms with Crippen molar-refractivity contribution in [2.45, 2.75) is 52.6 Å². The van der Waals surface area contributed by atoms with E-state index in [-0.39, 0.29) is 11.9 Å². The summed E-state index contributed by atoms with van der Waals surface area (Å²) in [7, 11) is 0. The molecule has 1 heterocycles. The Morgan fingerprint density at radius 3 is 2.56 bits per heavy atom. The highest BCUT2D eigenvalue weighted by Crippen LogP contribution is 2.44. The standard InChI is InChI=1S/C27H33N3O4/c1-7-30(25(32)34-26(2,3)4)12-13-33-17-9-11-18-20(15-17)27(5,6)24-22(23(18)31)19-10-8-16(28)14-21(19)29-24/h8-11,14-15,29H,7,12-13,28H2,1-6H3. The van der Waals surface area contributed by atoms with Crippen LogP contribution in [0.2, 0.25) is 0 Å². The van der Waals surface area contributed by atoms with Crippen molar-refractivity contribution in [1.29, 1.82) is 0 Å². The van der Waals surface area contributed by atoms with Crippen LogP contribution in [0.25, 0.3) is 10.9 Å².